The average Bonchev–Trinajstić information content (AvgIpc) is 4.39. The Bertz CT molecular complexity index is 3690. The lowest BCUT2D eigenvalue weighted by Gasteiger charge is -2.28. The zero-order chi connectivity index (χ0) is 55.4. The Morgan fingerprint density at radius 3 is 1.47 bits per heavy atom. The molecule has 2 N–H and O–H groups in total. The molecule has 1 aliphatic heterocycles. The number of carbonyl (C=O) groups excluding carboxylic acids is 1. The molecule has 0 spiro atoms. The van der Waals surface area contributed by atoms with E-state index in [0.717, 1.165) is 75.0 Å². The molecule has 2 aromatic heterocycles. The van der Waals surface area contributed by atoms with E-state index in [1.54, 1.807) is 97.1 Å². The number of benzene rings is 6. The van der Waals surface area contributed by atoms with Crippen molar-refractivity contribution in [1.82, 2.24) is 24.8 Å². The van der Waals surface area contributed by atoms with Crippen LogP contribution in [-0.2, 0) is 29.2 Å². The van der Waals surface area contributed by atoms with Crippen molar-refractivity contribution < 1.29 is 53.4 Å². The average molecular weight is 1160 g/mol. The number of halogens is 6. The fourth-order valence-corrected chi connectivity index (χ4v) is 13.8. The molecule has 3 heterocycles. The number of hydrogen-bond donors (Lipinski definition) is 2. The standard InChI is InChI=1S/C31H32ClF2N3O4S.C27H23ClF2N2O4S/c32-26-18-28-27(17-25(26)24-3-1-2-4-29(24)41-31(33)34)35-30(36-28)23(11-12-37-13-15-40-16-14-37)21-7-9-22(10-8-21)42(38,39)19-20-5-6-20;28-22-14-24-23(13-21(22)20-3-1-2-4-25(20)36-27(29)30)31-26(32-24)19(11-12-33)17-7-9-18(10-8-17)37(34,35)15-16-5-6-16/h1-4,7-10,17-18,20,23,31H,5-6,11-16,19H2,(H,35,36);1-4,7-10,12-14,16,19,27H,5-6,11,15H2,(H,31,32). The molecule has 8 aromatic rings. The summed E-state index contributed by atoms with van der Waals surface area (Å²) in [5.74, 6) is 1.53. The predicted molar refractivity (Wildman–Crippen MR) is 295 cm³/mol. The van der Waals surface area contributed by atoms with Gasteiger partial charge in [0.1, 0.15) is 29.4 Å². The normalized spacial score (nSPS) is 16.0. The zero-order valence-corrected chi connectivity index (χ0v) is 45.6. The molecule has 79 heavy (non-hydrogen) atoms. The molecule has 0 amide bonds. The summed E-state index contributed by atoms with van der Waals surface area (Å²) in [6.07, 6.45) is 5.50. The number of carbonyl (C=O) groups is 1. The Labute approximate surface area is 464 Å². The maximum absolute atomic E-state index is 13.1. The molecule has 13 nitrogen and oxygen atoms in total. The number of alkyl halides is 4. The van der Waals surface area contributed by atoms with E-state index in [2.05, 4.69) is 24.6 Å². The fourth-order valence-electron chi connectivity index (χ4n) is 9.92. The first kappa shape index (κ1) is 55.9. The van der Waals surface area contributed by atoms with Gasteiger partial charge in [0.05, 0.1) is 66.6 Å². The Morgan fingerprint density at radius 1 is 0.608 bits per heavy atom. The van der Waals surface area contributed by atoms with Crippen LogP contribution < -0.4 is 9.47 Å². The number of hydrogen-bond acceptors (Lipinski definition) is 11. The number of sulfone groups is 2. The molecule has 2 unspecified atom stereocenters. The van der Waals surface area contributed by atoms with Crippen LogP contribution in [0.1, 0.15) is 73.1 Å². The van der Waals surface area contributed by atoms with Gasteiger partial charge in [0.2, 0.25) is 0 Å². The monoisotopic (exact) mass is 1160 g/mol. The van der Waals surface area contributed by atoms with Crippen molar-refractivity contribution in [1.29, 1.82) is 0 Å². The zero-order valence-electron chi connectivity index (χ0n) is 42.5. The molecule has 414 valence electrons. The van der Waals surface area contributed by atoms with Gasteiger partial charge in [-0.05, 0) is 122 Å². The number of imidazole rings is 2. The largest absolute Gasteiger partial charge is 0.434 e. The summed E-state index contributed by atoms with van der Waals surface area (Å²) < 4.78 is 118. The molecule has 6 aromatic carbocycles. The summed E-state index contributed by atoms with van der Waals surface area (Å²) in [5, 5.41) is 0.684. The number of H-pyrrole nitrogens is 2. The van der Waals surface area contributed by atoms with Gasteiger partial charge in [-0.3, -0.25) is 4.90 Å². The Hall–Kier alpha value is -6.35. The summed E-state index contributed by atoms with van der Waals surface area (Å²) in [7, 11) is -6.67. The highest BCUT2D eigenvalue weighted by Gasteiger charge is 2.31. The van der Waals surface area contributed by atoms with Crippen LogP contribution in [0.4, 0.5) is 17.6 Å². The second kappa shape index (κ2) is 24.2. The summed E-state index contributed by atoms with van der Waals surface area (Å²) in [4.78, 5) is 30.7. The Kier molecular flexibility index (Phi) is 17.1. The van der Waals surface area contributed by atoms with Gasteiger partial charge < -0.3 is 29.0 Å². The molecule has 3 aliphatic rings. The molecule has 0 radical (unpaired) electrons. The van der Waals surface area contributed by atoms with Gasteiger partial charge in [0, 0.05) is 53.6 Å². The third-order valence-corrected chi connectivity index (χ3v) is 18.8. The predicted octanol–water partition coefficient (Wildman–Crippen LogP) is 12.9. The van der Waals surface area contributed by atoms with Crippen LogP contribution in [-0.4, -0.2) is 106 Å². The van der Waals surface area contributed by atoms with Gasteiger partial charge in [-0.25, -0.2) is 26.8 Å². The highest BCUT2D eigenvalue weighted by molar-refractivity contribution is 7.91. The molecule has 3 fully saturated rings. The van der Waals surface area contributed by atoms with Gasteiger partial charge in [-0.2, -0.15) is 17.6 Å². The second-order valence-electron chi connectivity index (χ2n) is 20.0. The quantitative estimate of drug-likeness (QED) is 0.0518. The number of morpholine rings is 1. The van der Waals surface area contributed by atoms with E-state index in [-0.39, 0.29) is 52.1 Å². The molecule has 2 saturated carbocycles. The number of nitrogens with one attached hydrogen (secondary N) is 2. The van der Waals surface area contributed by atoms with Crippen molar-refractivity contribution in [3.05, 3.63) is 154 Å². The third kappa shape index (κ3) is 13.6. The maximum Gasteiger partial charge on any atom is 0.387 e. The first-order chi connectivity index (χ1) is 38.0. The molecule has 2 aliphatic carbocycles. The topological polar surface area (TPSA) is 174 Å². The molecule has 2 atom stereocenters. The lowest BCUT2D eigenvalue weighted by atomic mass is 9.94. The summed E-state index contributed by atoms with van der Waals surface area (Å²) in [6, 6.07) is 33.4. The lowest BCUT2D eigenvalue weighted by molar-refractivity contribution is -0.108. The van der Waals surface area contributed by atoms with E-state index in [0.29, 0.717) is 78.3 Å². The maximum atomic E-state index is 13.1. The van der Waals surface area contributed by atoms with Crippen LogP contribution in [0.3, 0.4) is 0 Å². The van der Waals surface area contributed by atoms with Gasteiger partial charge in [-0.15, -0.1) is 0 Å². The molecule has 1 saturated heterocycles. The van der Waals surface area contributed by atoms with Crippen LogP contribution >= 0.6 is 23.2 Å². The number of ether oxygens (including phenoxy) is 3. The van der Waals surface area contributed by atoms with E-state index < -0.39 is 38.8 Å². The van der Waals surface area contributed by atoms with Crippen LogP contribution in [0, 0.1) is 11.8 Å². The van der Waals surface area contributed by atoms with Gasteiger partial charge in [-0.1, -0.05) is 83.9 Å². The smallest absolute Gasteiger partial charge is 0.387 e. The van der Waals surface area contributed by atoms with Gasteiger partial charge >= 0.3 is 13.2 Å². The van der Waals surface area contributed by atoms with Crippen molar-refractivity contribution in [2.24, 2.45) is 11.8 Å². The Balaban J connectivity index is 0.000000180. The fraction of sp³-hybridized carbons (Fsp3) is 0.328. The van der Waals surface area contributed by atoms with Crippen LogP contribution in [0.25, 0.3) is 44.3 Å². The minimum atomic E-state index is -3.35. The molecular formula is C58H55Cl2F4N5O8S2. The minimum Gasteiger partial charge on any atom is -0.434 e. The van der Waals surface area contributed by atoms with Crippen LogP contribution in [0.5, 0.6) is 11.5 Å². The highest BCUT2D eigenvalue weighted by atomic mass is 35.5. The van der Waals surface area contributed by atoms with Crippen molar-refractivity contribution in [2.75, 3.05) is 44.4 Å². The van der Waals surface area contributed by atoms with Crippen molar-refractivity contribution in [3.8, 4) is 33.8 Å². The number of aromatic nitrogens is 4. The van der Waals surface area contributed by atoms with Crippen LogP contribution in [0.2, 0.25) is 10.0 Å². The first-order valence-corrected chi connectivity index (χ1v) is 29.9. The minimum absolute atomic E-state index is 0.00920. The van der Waals surface area contributed by atoms with E-state index in [1.807, 2.05) is 12.1 Å². The van der Waals surface area contributed by atoms with Gasteiger partial charge in [0.15, 0.2) is 19.7 Å². The lowest BCUT2D eigenvalue weighted by Crippen LogP contribution is -2.37. The molecular weight excluding hydrogens is 1110 g/mol. The van der Waals surface area contributed by atoms with E-state index in [9.17, 15) is 39.2 Å². The second-order valence-corrected chi connectivity index (χ2v) is 24.9. The van der Waals surface area contributed by atoms with Crippen molar-refractivity contribution >= 4 is 71.2 Å². The van der Waals surface area contributed by atoms with E-state index >= 15 is 0 Å². The highest BCUT2D eigenvalue weighted by Crippen LogP contribution is 2.41. The SMILES string of the molecule is O=CCC(c1ccc(S(=O)(=O)CC2CC2)cc1)c1nc2cc(-c3ccccc3OC(F)F)c(Cl)cc2[nH]1.O=S(=O)(CC1CC1)c1ccc(C(CCN2CCOCC2)c2nc3cc(-c4ccccc4OC(F)F)c(Cl)cc3[nH]2)cc1. The van der Waals surface area contributed by atoms with E-state index in [1.165, 1.54) is 12.1 Å². The third-order valence-electron chi connectivity index (χ3n) is 14.4. The number of fused-ring (bicyclic) bond motifs is 2. The molecule has 11 rings (SSSR count). The van der Waals surface area contributed by atoms with Crippen LogP contribution in [0.15, 0.2) is 131 Å². The van der Waals surface area contributed by atoms with Gasteiger partial charge in [0.25, 0.3) is 0 Å². The number of aldehydes is 1. The number of para-hydroxylation sites is 2. The summed E-state index contributed by atoms with van der Waals surface area (Å²) >= 11 is 13.2. The number of nitrogens with zero attached hydrogens (tertiary/aromatic N) is 3. The molecule has 21 heteroatoms. The summed E-state index contributed by atoms with van der Waals surface area (Å²) in [5.41, 5.74) is 6.02. The number of aromatic amines is 2. The van der Waals surface area contributed by atoms with Crippen molar-refractivity contribution in [3.63, 3.8) is 0 Å². The summed E-state index contributed by atoms with van der Waals surface area (Å²) in [6.45, 7) is -2.04. The Morgan fingerprint density at radius 2 is 1.04 bits per heavy atom. The first-order valence-electron chi connectivity index (χ1n) is 25.9. The molecule has 0 bridgehead atoms. The van der Waals surface area contributed by atoms with E-state index in [4.69, 9.17) is 37.7 Å². The number of rotatable bonds is 21. The van der Waals surface area contributed by atoms with Crippen molar-refractivity contribution in [2.45, 2.75) is 73.4 Å².